The molecule has 1 aliphatic heterocycles. The standard InChI is InChI=1S/C66H125NO9/c1-3-5-7-9-11-13-15-17-19-20-21-22-23-24-25-26-27-28-29-30-31-32-33-34-35-36-37-38-39-41-43-45-47-49-51-53-55-60(70)65(74)67-58(57-75-66-64(73)63(72)62(71)61(56-68)76-66)59(69)54-52-50-48-46-44-42-40-18-16-14-12-10-8-6-4-2/h25-26,28-29,52,54,58-64,66,68-73H,3-24,27,30-51,53,55-57H2,1-2H3,(H,67,74)/b26-25-,29-28-,54-52+. The Hall–Kier alpha value is -1.63. The van der Waals surface area contributed by atoms with E-state index in [0.717, 1.165) is 51.4 Å². The monoisotopic (exact) mass is 1080 g/mol. The average Bonchev–Trinajstić information content (AvgIpc) is 3.42. The third-order valence-corrected chi connectivity index (χ3v) is 15.8. The summed E-state index contributed by atoms with van der Waals surface area (Å²) in [5.74, 6) is -0.612. The van der Waals surface area contributed by atoms with Crippen molar-refractivity contribution in [3.8, 4) is 0 Å². The summed E-state index contributed by atoms with van der Waals surface area (Å²) < 4.78 is 11.2. The zero-order valence-electron chi connectivity index (χ0n) is 49.6. The Morgan fingerprint density at radius 2 is 0.803 bits per heavy atom. The molecule has 1 rings (SSSR count). The molecule has 1 fully saturated rings. The largest absolute Gasteiger partial charge is 0.394 e. The lowest BCUT2D eigenvalue weighted by Gasteiger charge is -2.40. The highest BCUT2D eigenvalue weighted by Crippen LogP contribution is 2.23. The number of aliphatic hydroxyl groups is 6. The van der Waals surface area contributed by atoms with E-state index >= 15 is 0 Å². The fourth-order valence-electron chi connectivity index (χ4n) is 10.6. The Kier molecular flexibility index (Phi) is 52.7. The minimum atomic E-state index is -1.61. The van der Waals surface area contributed by atoms with Crippen LogP contribution < -0.4 is 5.32 Å². The molecule has 0 aromatic rings. The van der Waals surface area contributed by atoms with E-state index in [1.54, 1.807) is 6.08 Å². The van der Waals surface area contributed by atoms with Crippen molar-refractivity contribution >= 4 is 5.91 Å². The Bertz CT molecular complexity index is 1310. The molecule has 448 valence electrons. The highest BCUT2D eigenvalue weighted by Gasteiger charge is 2.44. The van der Waals surface area contributed by atoms with Crippen molar-refractivity contribution in [3.63, 3.8) is 0 Å². The minimum Gasteiger partial charge on any atom is -0.394 e. The summed E-state index contributed by atoms with van der Waals surface area (Å²) in [7, 11) is 0. The van der Waals surface area contributed by atoms with Gasteiger partial charge in [-0.05, 0) is 51.4 Å². The summed E-state index contributed by atoms with van der Waals surface area (Å²) in [6.45, 7) is 3.65. The lowest BCUT2D eigenvalue weighted by atomic mass is 9.99. The molecule has 0 aromatic carbocycles. The number of hydrogen-bond acceptors (Lipinski definition) is 9. The van der Waals surface area contributed by atoms with Crippen LogP contribution in [0.4, 0.5) is 0 Å². The third-order valence-electron chi connectivity index (χ3n) is 15.8. The van der Waals surface area contributed by atoms with Gasteiger partial charge in [-0.25, -0.2) is 0 Å². The van der Waals surface area contributed by atoms with Gasteiger partial charge in [0, 0.05) is 0 Å². The number of unbranched alkanes of at least 4 members (excludes halogenated alkanes) is 42. The molecular weight excluding hydrogens is 951 g/mol. The highest BCUT2D eigenvalue weighted by molar-refractivity contribution is 5.80. The highest BCUT2D eigenvalue weighted by atomic mass is 16.7. The number of hydrogen-bond donors (Lipinski definition) is 7. The van der Waals surface area contributed by atoms with Crippen LogP contribution in [-0.2, 0) is 14.3 Å². The van der Waals surface area contributed by atoms with E-state index in [2.05, 4.69) is 43.5 Å². The predicted octanol–water partition coefficient (Wildman–Crippen LogP) is 16.1. The van der Waals surface area contributed by atoms with E-state index in [1.807, 2.05) is 6.08 Å². The number of ether oxygens (including phenoxy) is 2. The maximum atomic E-state index is 13.2. The van der Waals surface area contributed by atoms with Crippen LogP contribution in [0.1, 0.15) is 316 Å². The summed E-state index contributed by atoms with van der Waals surface area (Å²) in [6, 6.07) is -0.980. The average molecular weight is 1080 g/mol. The second-order valence-electron chi connectivity index (χ2n) is 23.1. The van der Waals surface area contributed by atoms with Crippen molar-refractivity contribution < 1.29 is 44.9 Å². The molecular formula is C66H125NO9. The summed E-state index contributed by atoms with van der Waals surface area (Å²) in [6.07, 6.45) is 62.8. The molecule has 7 N–H and O–H groups in total. The lowest BCUT2D eigenvalue weighted by Crippen LogP contribution is -2.60. The Labute approximate surface area is 468 Å². The normalized spacial score (nSPS) is 19.4. The first-order chi connectivity index (χ1) is 37.3. The number of nitrogens with one attached hydrogen (secondary N) is 1. The van der Waals surface area contributed by atoms with Gasteiger partial charge < -0.3 is 45.4 Å². The van der Waals surface area contributed by atoms with Gasteiger partial charge in [-0.15, -0.1) is 0 Å². The first kappa shape index (κ1) is 72.4. The van der Waals surface area contributed by atoms with E-state index in [0.29, 0.717) is 6.42 Å². The van der Waals surface area contributed by atoms with Gasteiger partial charge in [-0.2, -0.15) is 0 Å². The molecule has 0 radical (unpaired) electrons. The van der Waals surface area contributed by atoms with Crippen LogP contribution in [0.3, 0.4) is 0 Å². The second-order valence-corrected chi connectivity index (χ2v) is 23.1. The Balaban J connectivity index is 2.11. The van der Waals surface area contributed by atoms with Crippen molar-refractivity contribution in [1.82, 2.24) is 5.32 Å². The summed E-state index contributed by atoms with van der Waals surface area (Å²) in [5.41, 5.74) is 0. The second kappa shape index (κ2) is 55.3. The molecule has 0 bridgehead atoms. The first-order valence-corrected chi connectivity index (χ1v) is 32.8. The Morgan fingerprint density at radius 3 is 1.17 bits per heavy atom. The van der Waals surface area contributed by atoms with Gasteiger partial charge >= 0.3 is 0 Å². The molecule has 8 atom stereocenters. The van der Waals surface area contributed by atoms with Crippen LogP contribution in [0.25, 0.3) is 0 Å². The quantitative estimate of drug-likeness (QED) is 0.0232. The SMILES string of the molecule is CCCCCCCCCCCCCCC/C=C\C/C=C\CCCCCCCCCCCCCCCCCCC(O)C(=O)NC(COC1OC(CO)C(O)C(O)C1O)C(O)/C=C/CCCCCCCCCCCCCCC. The zero-order chi connectivity index (χ0) is 55.2. The van der Waals surface area contributed by atoms with E-state index in [1.165, 1.54) is 244 Å². The van der Waals surface area contributed by atoms with Crippen LogP contribution in [0, 0.1) is 0 Å². The number of rotatable bonds is 57. The van der Waals surface area contributed by atoms with Crippen LogP contribution in [0.5, 0.6) is 0 Å². The molecule has 1 aliphatic rings. The van der Waals surface area contributed by atoms with Crippen LogP contribution >= 0.6 is 0 Å². The number of carbonyl (C=O) groups is 1. The molecule has 1 saturated heterocycles. The van der Waals surface area contributed by atoms with Crippen molar-refractivity contribution in [3.05, 3.63) is 36.5 Å². The van der Waals surface area contributed by atoms with Crippen molar-refractivity contribution in [2.45, 2.75) is 365 Å². The third kappa shape index (κ3) is 43.2. The van der Waals surface area contributed by atoms with Crippen molar-refractivity contribution in [1.29, 1.82) is 0 Å². The molecule has 0 aromatic heterocycles. The molecule has 0 spiro atoms. The first-order valence-electron chi connectivity index (χ1n) is 32.8. The molecule has 0 saturated carbocycles. The van der Waals surface area contributed by atoms with E-state index in [9.17, 15) is 35.4 Å². The van der Waals surface area contributed by atoms with Gasteiger partial charge in [0.05, 0.1) is 25.4 Å². The number of carbonyl (C=O) groups excluding carboxylic acids is 1. The van der Waals surface area contributed by atoms with Gasteiger partial charge in [-0.1, -0.05) is 301 Å². The zero-order valence-corrected chi connectivity index (χ0v) is 49.6. The van der Waals surface area contributed by atoms with Crippen LogP contribution in [-0.4, -0.2) is 98.7 Å². The molecule has 1 amide bonds. The van der Waals surface area contributed by atoms with Gasteiger partial charge in [-0.3, -0.25) is 4.79 Å². The molecule has 76 heavy (non-hydrogen) atoms. The van der Waals surface area contributed by atoms with Gasteiger partial charge in [0.15, 0.2) is 6.29 Å². The molecule has 10 heteroatoms. The fraction of sp³-hybridized carbons (Fsp3) is 0.894. The van der Waals surface area contributed by atoms with Crippen molar-refractivity contribution in [2.24, 2.45) is 0 Å². The van der Waals surface area contributed by atoms with Gasteiger partial charge in [0.25, 0.3) is 0 Å². The molecule has 1 heterocycles. The minimum absolute atomic E-state index is 0.303. The van der Waals surface area contributed by atoms with E-state index in [4.69, 9.17) is 9.47 Å². The van der Waals surface area contributed by atoms with Crippen molar-refractivity contribution in [2.75, 3.05) is 13.2 Å². The van der Waals surface area contributed by atoms with Crippen LogP contribution in [0.2, 0.25) is 0 Å². The molecule has 8 unspecified atom stereocenters. The van der Waals surface area contributed by atoms with Crippen LogP contribution in [0.15, 0.2) is 36.5 Å². The maximum absolute atomic E-state index is 13.2. The number of amides is 1. The van der Waals surface area contributed by atoms with E-state index in [-0.39, 0.29) is 6.61 Å². The number of aliphatic hydroxyl groups excluding tert-OH is 6. The van der Waals surface area contributed by atoms with Gasteiger partial charge in [0.2, 0.25) is 5.91 Å². The smallest absolute Gasteiger partial charge is 0.249 e. The maximum Gasteiger partial charge on any atom is 0.249 e. The summed E-state index contributed by atoms with van der Waals surface area (Å²) in [4.78, 5) is 13.2. The predicted molar refractivity (Wildman–Crippen MR) is 319 cm³/mol. The topological polar surface area (TPSA) is 169 Å². The summed E-state index contributed by atoms with van der Waals surface area (Å²) in [5, 5.41) is 65.1. The molecule has 10 nitrogen and oxygen atoms in total. The molecule has 0 aliphatic carbocycles. The fourth-order valence-corrected chi connectivity index (χ4v) is 10.6. The lowest BCUT2D eigenvalue weighted by molar-refractivity contribution is -0.302. The Morgan fingerprint density at radius 1 is 0.461 bits per heavy atom. The van der Waals surface area contributed by atoms with Gasteiger partial charge in [0.1, 0.15) is 30.5 Å². The van der Waals surface area contributed by atoms with E-state index < -0.39 is 61.5 Å². The number of allylic oxidation sites excluding steroid dienone is 5. The summed E-state index contributed by atoms with van der Waals surface area (Å²) >= 11 is 0.